The number of aromatic nitrogens is 2. The Kier molecular flexibility index (Phi) is 5.04. The van der Waals surface area contributed by atoms with Crippen LogP contribution in [-0.4, -0.2) is 23.2 Å². The number of aryl methyl sites for hydroxylation is 2. The minimum Gasteiger partial charge on any atom is -0.496 e. The van der Waals surface area contributed by atoms with Crippen molar-refractivity contribution in [3.05, 3.63) is 58.1 Å². The van der Waals surface area contributed by atoms with Gasteiger partial charge in [-0.2, -0.15) is 0 Å². The van der Waals surface area contributed by atoms with Crippen molar-refractivity contribution in [3.63, 3.8) is 0 Å². The van der Waals surface area contributed by atoms with Crippen LogP contribution in [0.4, 0.5) is 5.13 Å². The van der Waals surface area contributed by atoms with Crippen molar-refractivity contribution in [1.29, 1.82) is 0 Å². The average Bonchev–Trinajstić information content (AvgIpc) is 3.08. The normalized spacial score (nSPS) is 10.7. The van der Waals surface area contributed by atoms with E-state index in [2.05, 4.69) is 49.3 Å². The molecule has 5 nitrogen and oxygen atoms in total. The quantitative estimate of drug-likeness (QED) is 0.726. The van der Waals surface area contributed by atoms with Crippen LogP contribution in [0.2, 0.25) is 0 Å². The van der Waals surface area contributed by atoms with Crippen molar-refractivity contribution < 1.29 is 9.53 Å². The number of benzene rings is 2. The first-order valence-corrected chi connectivity index (χ1v) is 9.09. The number of carbonyl (C=O) groups excluding carboxylic acids is 1. The Morgan fingerprint density at radius 2 is 1.69 bits per heavy atom. The van der Waals surface area contributed by atoms with E-state index in [4.69, 9.17) is 4.74 Å². The number of nitrogens with zero attached hydrogens (tertiary/aromatic N) is 2. The Morgan fingerprint density at radius 3 is 2.35 bits per heavy atom. The number of hydrogen-bond donors (Lipinski definition) is 1. The van der Waals surface area contributed by atoms with Gasteiger partial charge in [-0.05, 0) is 62.1 Å². The van der Waals surface area contributed by atoms with E-state index in [9.17, 15) is 4.79 Å². The molecule has 0 bridgehead atoms. The predicted molar refractivity (Wildman–Crippen MR) is 105 cm³/mol. The molecule has 0 saturated carbocycles. The van der Waals surface area contributed by atoms with E-state index in [-0.39, 0.29) is 5.91 Å². The molecule has 3 rings (SSSR count). The topological polar surface area (TPSA) is 64.1 Å². The molecule has 0 aliphatic heterocycles. The van der Waals surface area contributed by atoms with Gasteiger partial charge in [0.25, 0.3) is 5.91 Å². The second-order valence-corrected chi connectivity index (χ2v) is 7.18. The number of amides is 1. The molecule has 0 fully saturated rings. The number of para-hydroxylation sites is 1. The highest BCUT2D eigenvalue weighted by Crippen LogP contribution is 2.35. The molecule has 0 aliphatic rings. The van der Waals surface area contributed by atoms with Crippen LogP contribution in [0.5, 0.6) is 5.75 Å². The summed E-state index contributed by atoms with van der Waals surface area (Å²) in [6, 6.07) is 9.27. The van der Waals surface area contributed by atoms with Gasteiger partial charge in [-0.1, -0.05) is 29.5 Å². The molecule has 3 aromatic rings. The number of anilines is 1. The first-order chi connectivity index (χ1) is 12.4. The van der Waals surface area contributed by atoms with Crippen molar-refractivity contribution in [2.75, 3.05) is 12.4 Å². The molecule has 2 aromatic carbocycles. The highest BCUT2D eigenvalue weighted by molar-refractivity contribution is 7.18. The van der Waals surface area contributed by atoms with Crippen LogP contribution in [0.15, 0.2) is 30.3 Å². The molecule has 1 amide bonds. The zero-order valence-electron chi connectivity index (χ0n) is 15.5. The maximum Gasteiger partial charge on any atom is 0.261 e. The van der Waals surface area contributed by atoms with Gasteiger partial charge in [-0.25, -0.2) is 0 Å². The second-order valence-electron chi connectivity index (χ2n) is 6.20. The fourth-order valence-corrected chi connectivity index (χ4v) is 3.81. The summed E-state index contributed by atoms with van der Waals surface area (Å²) in [4.78, 5) is 12.5. The summed E-state index contributed by atoms with van der Waals surface area (Å²) in [5.41, 5.74) is 6.37. The number of hydrogen-bond acceptors (Lipinski definition) is 5. The minimum atomic E-state index is -0.265. The molecule has 1 aromatic heterocycles. The smallest absolute Gasteiger partial charge is 0.261 e. The van der Waals surface area contributed by atoms with Crippen LogP contribution in [0, 0.1) is 27.7 Å². The van der Waals surface area contributed by atoms with Gasteiger partial charge in [0.1, 0.15) is 10.8 Å². The van der Waals surface area contributed by atoms with Crippen LogP contribution in [0.3, 0.4) is 0 Å². The Balaban J connectivity index is 1.91. The molecular formula is C20H21N3O2S. The number of ether oxygens (including phenoxy) is 1. The summed E-state index contributed by atoms with van der Waals surface area (Å²) in [5.74, 6) is 0.259. The Bertz CT molecular complexity index is 953. The summed E-state index contributed by atoms with van der Waals surface area (Å²) in [6.07, 6.45) is 0. The van der Waals surface area contributed by atoms with E-state index in [0.717, 1.165) is 10.6 Å². The van der Waals surface area contributed by atoms with E-state index in [1.54, 1.807) is 25.3 Å². The lowest BCUT2D eigenvalue weighted by atomic mass is 9.95. The van der Waals surface area contributed by atoms with Gasteiger partial charge in [0, 0.05) is 5.56 Å². The molecule has 6 heteroatoms. The molecule has 26 heavy (non-hydrogen) atoms. The number of rotatable bonds is 4. The van der Waals surface area contributed by atoms with Gasteiger partial charge in [0.2, 0.25) is 5.13 Å². The first kappa shape index (κ1) is 18.1. The van der Waals surface area contributed by atoms with Gasteiger partial charge in [-0.3, -0.25) is 10.1 Å². The Hall–Kier alpha value is -2.73. The standard InChI is InChI=1S/C20H21N3O2S/c1-11-10-12(2)14(4)17(13(11)3)19-22-23-20(26-19)21-18(24)15-8-6-7-9-16(15)25-5/h6-10H,1-5H3,(H,21,23,24). The van der Waals surface area contributed by atoms with Crippen LogP contribution < -0.4 is 10.1 Å². The lowest BCUT2D eigenvalue weighted by Gasteiger charge is -2.12. The largest absolute Gasteiger partial charge is 0.496 e. The van der Waals surface area contributed by atoms with Crippen molar-refractivity contribution in [2.24, 2.45) is 0 Å². The zero-order chi connectivity index (χ0) is 18.8. The van der Waals surface area contributed by atoms with Gasteiger partial charge < -0.3 is 4.74 Å². The number of carbonyl (C=O) groups is 1. The maximum atomic E-state index is 12.5. The van der Waals surface area contributed by atoms with Crippen LogP contribution >= 0.6 is 11.3 Å². The molecular weight excluding hydrogens is 346 g/mol. The predicted octanol–water partition coefficient (Wildman–Crippen LogP) is 4.70. The van der Waals surface area contributed by atoms with E-state index in [1.807, 2.05) is 6.07 Å². The molecule has 0 unspecified atom stereocenters. The monoisotopic (exact) mass is 367 g/mol. The minimum absolute atomic E-state index is 0.265. The van der Waals surface area contributed by atoms with Gasteiger partial charge in [-0.15, -0.1) is 10.2 Å². The van der Waals surface area contributed by atoms with Crippen LogP contribution in [-0.2, 0) is 0 Å². The Labute approximate surface area is 157 Å². The second kappa shape index (κ2) is 7.25. The molecule has 1 heterocycles. The highest BCUT2D eigenvalue weighted by Gasteiger charge is 2.17. The van der Waals surface area contributed by atoms with Crippen molar-refractivity contribution in [3.8, 4) is 16.3 Å². The SMILES string of the molecule is COc1ccccc1C(=O)Nc1nnc(-c2c(C)c(C)cc(C)c2C)s1. The van der Waals surface area contributed by atoms with E-state index in [1.165, 1.54) is 33.6 Å². The van der Waals surface area contributed by atoms with E-state index >= 15 is 0 Å². The van der Waals surface area contributed by atoms with Gasteiger partial charge >= 0.3 is 0 Å². The number of methoxy groups -OCH3 is 1. The molecule has 0 aliphatic carbocycles. The molecule has 0 spiro atoms. The van der Waals surface area contributed by atoms with Crippen LogP contribution in [0.1, 0.15) is 32.6 Å². The van der Waals surface area contributed by atoms with Crippen molar-refractivity contribution in [2.45, 2.75) is 27.7 Å². The maximum absolute atomic E-state index is 12.5. The lowest BCUT2D eigenvalue weighted by Crippen LogP contribution is -2.12. The molecule has 1 N–H and O–H groups in total. The fraction of sp³-hybridized carbons (Fsp3) is 0.250. The van der Waals surface area contributed by atoms with Crippen molar-refractivity contribution >= 4 is 22.4 Å². The summed E-state index contributed by atoms with van der Waals surface area (Å²) in [7, 11) is 1.54. The lowest BCUT2D eigenvalue weighted by molar-refractivity contribution is 0.102. The summed E-state index contributed by atoms with van der Waals surface area (Å²) in [5, 5.41) is 12.5. The third kappa shape index (κ3) is 3.32. The molecule has 0 atom stereocenters. The third-order valence-electron chi connectivity index (χ3n) is 4.58. The summed E-state index contributed by atoms with van der Waals surface area (Å²) in [6.45, 7) is 8.37. The van der Waals surface area contributed by atoms with Gasteiger partial charge in [0.15, 0.2) is 0 Å². The fourth-order valence-electron chi connectivity index (χ4n) is 2.91. The zero-order valence-corrected chi connectivity index (χ0v) is 16.3. The van der Waals surface area contributed by atoms with E-state index in [0.29, 0.717) is 16.4 Å². The molecule has 134 valence electrons. The Morgan fingerprint density at radius 1 is 1.04 bits per heavy atom. The highest BCUT2D eigenvalue weighted by atomic mass is 32.1. The first-order valence-electron chi connectivity index (χ1n) is 8.28. The van der Waals surface area contributed by atoms with Crippen LogP contribution in [0.25, 0.3) is 10.6 Å². The molecule has 0 radical (unpaired) electrons. The van der Waals surface area contributed by atoms with E-state index < -0.39 is 0 Å². The summed E-state index contributed by atoms with van der Waals surface area (Å²) >= 11 is 1.37. The van der Waals surface area contributed by atoms with Gasteiger partial charge in [0.05, 0.1) is 12.7 Å². The summed E-state index contributed by atoms with van der Waals surface area (Å²) < 4.78 is 5.24. The molecule has 0 saturated heterocycles. The number of nitrogens with one attached hydrogen (secondary N) is 1. The van der Waals surface area contributed by atoms with Crippen molar-refractivity contribution in [1.82, 2.24) is 10.2 Å². The average molecular weight is 367 g/mol. The third-order valence-corrected chi connectivity index (χ3v) is 5.43.